The fourth-order valence-corrected chi connectivity index (χ4v) is 2.66. The van der Waals surface area contributed by atoms with Gasteiger partial charge in [0.05, 0.1) is 6.10 Å². The van der Waals surface area contributed by atoms with Crippen LogP contribution in [0, 0.1) is 5.92 Å². The summed E-state index contributed by atoms with van der Waals surface area (Å²) in [6, 6.07) is 0. The van der Waals surface area contributed by atoms with E-state index in [2.05, 4.69) is 11.8 Å². The fraction of sp³-hybridized carbons (Fsp3) is 1.00. The summed E-state index contributed by atoms with van der Waals surface area (Å²) in [4.78, 5) is 2.32. The third kappa shape index (κ3) is 4.31. The summed E-state index contributed by atoms with van der Waals surface area (Å²) in [6.07, 6.45) is -0.352. The Hall–Kier alpha value is 0.230. The van der Waals surface area contributed by atoms with Crippen molar-refractivity contribution in [1.29, 1.82) is 0 Å². The lowest BCUT2D eigenvalue weighted by molar-refractivity contribution is 0.117. The van der Waals surface area contributed by atoms with Gasteiger partial charge >= 0.3 is 0 Å². The van der Waals surface area contributed by atoms with E-state index >= 15 is 0 Å². The SMILES string of the molecule is CC1CSCCN(CC(O)CN)C1. The lowest BCUT2D eigenvalue weighted by atomic mass is 10.2. The molecule has 2 unspecified atom stereocenters. The number of aliphatic hydroxyl groups excluding tert-OH is 1. The molecule has 13 heavy (non-hydrogen) atoms. The molecule has 0 aromatic rings. The number of nitrogens with zero attached hydrogens (tertiary/aromatic N) is 1. The Balaban J connectivity index is 2.30. The van der Waals surface area contributed by atoms with Crippen LogP contribution in [0.15, 0.2) is 0 Å². The summed E-state index contributed by atoms with van der Waals surface area (Å²) in [5.74, 6) is 3.16. The van der Waals surface area contributed by atoms with Gasteiger partial charge in [0.25, 0.3) is 0 Å². The largest absolute Gasteiger partial charge is 0.390 e. The molecule has 0 aliphatic carbocycles. The van der Waals surface area contributed by atoms with Crippen LogP contribution in [0.3, 0.4) is 0 Å². The molecule has 0 saturated carbocycles. The van der Waals surface area contributed by atoms with Crippen molar-refractivity contribution in [3.05, 3.63) is 0 Å². The Labute approximate surface area is 84.7 Å². The predicted octanol–water partition coefficient (Wildman–Crippen LogP) is -0.00910. The second-order valence-corrected chi connectivity index (χ2v) is 4.98. The second kappa shape index (κ2) is 5.86. The van der Waals surface area contributed by atoms with Gasteiger partial charge < -0.3 is 10.8 Å². The molecule has 3 nitrogen and oxygen atoms in total. The van der Waals surface area contributed by atoms with Crippen molar-refractivity contribution in [2.75, 3.05) is 37.7 Å². The third-order valence-corrected chi connectivity index (χ3v) is 3.54. The highest BCUT2D eigenvalue weighted by atomic mass is 32.2. The molecule has 0 bridgehead atoms. The molecule has 2 atom stereocenters. The fourth-order valence-electron chi connectivity index (χ4n) is 1.60. The molecule has 0 spiro atoms. The smallest absolute Gasteiger partial charge is 0.0789 e. The van der Waals surface area contributed by atoms with Crippen LogP contribution in [-0.4, -0.2) is 53.8 Å². The first-order chi connectivity index (χ1) is 6.22. The number of aliphatic hydroxyl groups is 1. The van der Waals surface area contributed by atoms with E-state index in [0.717, 1.165) is 25.6 Å². The van der Waals surface area contributed by atoms with Crippen molar-refractivity contribution in [1.82, 2.24) is 4.90 Å². The lowest BCUT2D eigenvalue weighted by Crippen LogP contribution is -2.39. The van der Waals surface area contributed by atoms with Crippen LogP contribution in [0.4, 0.5) is 0 Å². The first-order valence-corrected chi connectivity index (χ1v) is 6.06. The maximum atomic E-state index is 9.41. The molecule has 0 radical (unpaired) electrons. The summed E-state index contributed by atoms with van der Waals surface area (Å²) in [6.45, 7) is 5.57. The van der Waals surface area contributed by atoms with Gasteiger partial charge in [0.1, 0.15) is 0 Å². The molecule has 1 fully saturated rings. The zero-order valence-corrected chi connectivity index (χ0v) is 9.09. The minimum Gasteiger partial charge on any atom is -0.390 e. The molecule has 1 rings (SSSR count). The Morgan fingerprint density at radius 2 is 2.46 bits per heavy atom. The number of hydrogen-bond donors (Lipinski definition) is 2. The monoisotopic (exact) mass is 204 g/mol. The van der Waals surface area contributed by atoms with Gasteiger partial charge in [0, 0.05) is 31.9 Å². The highest BCUT2D eigenvalue weighted by Crippen LogP contribution is 2.15. The first-order valence-electron chi connectivity index (χ1n) is 4.90. The molecule has 0 aromatic carbocycles. The van der Waals surface area contributed by atoms with Gasteiger partial charge in [-0.15, -0.1) is 0 Å². The van der Waals surface area contributed by atoms with Crippen LogP contribution in [0.25, 0.3) is 0 Å². The quantitative estimate of drug-likeness (QED) is 0.679. The summed E-state index contributed by atoms with van der Waals surface area (Å²) in [7, 11) is 0. The minimum atomic E-state index is -0.352. The molecule has 0 aromatic heterocycles. The van der Waals surface area contributed by atoms with Gasteiger partial charge in [-0.05, 0) is 11.7 Å². The summed E-state index contributed by atoms with van der Waals surface area (Å²) >= 11 is 2.01. The van der Waals surface area contributed by atoms with E-state index in [1.54, 1.807) is 0 Å². The predicted molar refractivity (Wildman–Crippen MR) is 58.0 cm³/mol. The van der Waals surface area contributed by atoms with E-state index in [4.69, 9.17) is 5.73 Å². The molecular weight excluding hydrogens is 184 g/mol. The van der Waals surface area contributed by atoms with Crippen molar-refractivity contribution in [2.24, 2.45) is 11.7 Å². The first kappa shape index (κ1) is 11.3. The van der Waals surface area contributed by atoms with Gasteiger partial charge in [0.2, 0.25) is 0 Å². The van der Waals surface area contributed by atoms with Crippen LogP contribution < -0.4 is 5.73 Å². The third-order valence-electron chi connectivity index (χ3n) is 2.27. The Morgan fingerprint density at radius 3 is 3.15 bits per heavy atom. The van der Waals surface area contributed by atoms with E-state index in [1.165, 1.54) is 11.5 Å². The van der Waals surface area contributed by atoms with Crippen molar-refractivity contribution < 1.29 is 5.11 Å². The molecule has 1 aliphatic heterocycles. The van der Waals surface area contributed by atoms with Crippen LogP contribution >= 0.6 is 11.8 Å². The molecule has 1 heterocycles. The van der Waals surface area contributed by atoms with E-state index in [1.807, 2.05) is 11.8 Å². The van der Waals surface area contributed by atoms with E-state index < -0.39 is 0 Å². The topological polar surface area (TPSA) is 49.5 Å². The van der Waals surface area contributed by atoms with Gasteiger partial charge in [-0.1, -0.05) is 6.92 Å². The Morgan fingerprint density at radius 1 is 1.69 bits per heavy atom. The molecule has 78 valence electrons. The van der Waals surface area contributed by atoms with Crippen molar-refractivity contribution >= 4 is 11.8 Å². The standard InChI is InChI=1S/C9H20N2OS/c1-8-5-11(2-3-13-7-8)6-9(12)4-10/h8-9,12H,2-7,10H2,1H3. The Kier molecular flexibility index (Phi) is 5.09. The molecule has 1 aliphatic rings. The normalized spacial score (nSPS) is 28.4. The van der Waals surface area contributed by atoms with Gasteiger partial charge in [-0.2, -0.15) is 11.8 Å². The zero-order valence-electron chi connectivity index (χ0n) is 8.28. The van der Waals surface area contributed by atoms with Gasteiger partial charge in [-0.25, -0.2) is 0 Å². The molecule has 4 heteroatoms. The average Bonchev–Trinajstić information content (AvgIpc) is 2.30. The van der Waals surface area contributed by atoms with E-state index in [9.17, 15) is 5.11 Å². The molecule has 0 amide bonds. The van der Waals surface area contributed by atoms with Crippen LogP contribution in [0.5, 0.6) is 0 Å². The lowest BCUT2D eigenvalue weighted by Gasteiger charge is -2.24. The maximum absolute atomic E-state index is 9.41. The molecule has 3 N–H and O–H groups in total. The number of β-amino-alcohol motifs (C(OH)–C–C–N with tert-alkyl or cyclic N) is 1. The number of nitrogens with two attached hydrogens (primary N) is 1. The van der Waals surface area contributed by atoms with Gasteiger partial charge in [-0.3, -0.25) is 4.90 Å². The highest BCUT2D eigenvalue weighted by molar-refractivity contribution is 7.99. The van der Waals surface area contributed by atoms with Crippen LogP contribution in [0.1, 0.15) is 6.92 Å². The number of thioether (sulfide) groups is 1. The highest BCUT2D eigenvalue weighted by Gasteiger charge is 2.16. The Bertz CT molecular complexity index is 146. The number of rotatable bonds is 3. The average molecular weight is 204 g/mol. The van der Waals surface area contributed by atoms with Crippen molar-refractivity contribution in [2.45, 2.75) is 13.0 Å². The summed E-state index contributed by atoms with van der Waals surface area (Å²) in [5, 5.41) is 9.41. The van der Waals surface area contributed by atoms with Gasteiger partial charge in [0.15, 0.2) is 0 Å². The van der Waals surface area contributed by atoms with Crippen LogP contribution in [0.2, 0.25) is 0 Å². The van der Waals surface area contributed by atoms with E-state index in [-0.39, 0.29) is 6.10 Å². The zero-order chi connectivity index (χ0) is 9.68. The maximum Gasteiger partial charge on any atom is 0.0789 e. The van der Waals surface area contributed by atoms with Crippen molar-refractivity contribution in [3.8, 4) is 0 Å². The summed E-state index contributed by atoms with van der Waals surface area (Å²) in [5.41, 5.74) is 5.38. The van der Waals surface area contributed by atoms with Crippen molar-refractivity contribution in [3.63, 3.8) is 0 Å². The molecule has 1 saturated heterocycles. The minimum absolute atomic E-state index is 0.352. The molecular formula is C9H20N2OS. The summed E-state index contributed by atoms with van der Waals surface area (Å²) < 4.78 is 0. The number of hydrogen-bond acceptors (Lipinski definition) is 4. The van der Waals surface area contributed by atoms with Crippen LogP contribution in [-0.2, 0) is 0 Å². The second-order valence-electron chi connectivity index (χ2n) is 3.83. The van der Waals surface area contributed by atoms with E-state index in [0.29, 0.717) is 6.54 Å².